The van der Waals surface area contributed by atoms with Gasteiger partial charge in [-0.1, -0.05) is 19.9 Å². The minimum atomic E-state index is -1.10. The van der Waals surface area contributed by atoms with Crippen molar-refractivity contribution in [1.82, 2.24) is 0 Å². The van der Waals surface area contributed by atoms with Gasteiger partial charge >= 0.3 is 11.9 Å². The highest BCUT2D eigenvalue weighted by Gasteiger charge is 1.98. The van der Waals surface area contributed by atoms with Gasteiger partial charge in [0, 0.05) is 6.08 Å². The summed E-state index contributed by atoms with van der Waals surface area (Å²) in [5.74, 6) is -2.36. The SMILES string of the molecule is C=CC(=O)O.CC(=O)CC(=O)O.CCCC(O)O. The molecule has 0 fully saturated rings. The molecule has 0 aliphatic carbocycles. The average molecular weight is 264 g/mol. The van der Waals surface area contributed by atoms with E-state index in [1.807, 2.05) is 6.92 Å². The van der Waals surface area contributed by atoms with Crippen molar-refractivity contribution in [2.24, 2.45) is 0 Å². The van der Waals surface area contributed by atoms with Crippen LogP contribution in [0.1, 0.15) is 33.1 Å². The summed E-state index contributed by atoms with van der Waals surface area (Å²) in [6.45, 7) is 6.11. The molecular weight excluding hydrogens is 244 g/mol. The molecule has 18 heavy (non-hydrogen) atoms. The monoisotopic (exact) mass is 264 g/mol. The lowest BCUT2D eigenvalue weighted by molar-refractivity contribution is -0.139. The molecular formula is C11H20O7. The molecule has 0 radical (unpaired) electrons. The van der Waals surface area contributed by atoms with Crippen LogP contribution >= 0.6 is 0 Å². The standard InChI is InChI=1S/C4H6O3.C4H10O2.C3H4O2/c1-3(5)2-4(6)7;1-2-3-4(5)6;1-2-3(4)5/h2H2,1H3,(H,6,7);4-6H,2-3H2,1H3;2H,1H2,(H,4,5). The van der Waals surface area contributed by atoms with Crippen molar-refractivity contribution in [3.8, 4) is 0 Å². The van der Waals surface area contributed by atoms with Crippen LogP contribution < -0.4 is 0 Å². The largest absolute Gasteiger partial charge is 0.481 e. The first kappa shape index (κ1) is 21.5. The Labute approximate surface area is 105 Å². The maximum atomic E-state index is 9.87. The van der Waals surface area contributed by atoms with Gasteiger partial charge in [0.15, 0.2) is 6.29 Å². The number of aliphatic carboxylic acids is 2. The van der Waals surface area contributed by atoms with Gasteiger partial charge in [-0.05, 0) is 13.3 Å². The third-order valence-corrected chi connectivity index (χ3v) is 1.12. The topological polar surface area (TPSA) is 132 Å². The lowest BCUT2D eigenvalue weighted by Crippen LogP contribution is -2.01. The highest BCUT2D eigenvalue weighted by atomic mass is 16.5. The molecule has 7 nitrogen and oxygen atoms in total. The second kappa shape index (κ2) is 15.3. The molecule has 0 aromatic rings. The molecule has 0 saturated heterocycles. The number of hydrogen-bond acceptors (Lipinski definition) is 5. The Bertz CT molecular complexity index is 246. The zero-order valence-corrected chi connectivity index (χ0v) is 10.5. The van der Waals surface area contributed by atoms with Crippen molar-refractivity contribution in [2.75, 3.05) is 0 Å². The number of carboxylic acids is 2. The van der Waals surface area contributed by atoms with E-state index in [0.717, 1.165) is 12.5 Å². The van der Waals surface area contributed by atoms with Gasteiger partial charge in [0.2, 0.25) is 0 Å². The molecule has 0 aromatic carbocycles. The van der Waals surface area contributed by atoms with E-state index in [9.17, 15) is 14.4 Å². The Hall–Kier alpha value is -1.73. The van der Waals surface area contributed by atoms with E-state index < -0.39 is 18.2 Å². The Morgan fingerprint density at radius 2 is 1.61 bits per heavy atom. The smallest absolute Gasteiger partial charge is 0.327 e. The number of carboxylic acid groups (broad SMARTS) is 2. The van der Waals surface area contributed by atoms with Crippen molar-refractivity contribution < 1.29 is 34.8 Å². The van der Waals surface area contributed by atoms with Gasteiger partial charge in [-0.3, -0.25) is 9.59 Å². The van der Waals surface area contributed by atoms with Crippen LogP contribution in [0, 0.1) is 0 Å². The van der Waals surface area contributed by atoms with E-state index in [1.165, 1.54) is 6.92 Å². The lowest BCUT2D eigenvalue weighted by atomic mass is 10.3. The van der Waals surface area contributed by atoms with Gasteiger partial charge < -0.3 is 20.4 Å². The summed E-state index contributed by atoms with van der Waals surface area (Å²) >= 11 is 0. The lowest BCUT2D eigenvalue weighted by Gasteiger charge is -1.94. The number of aliphatic hydroxyl groups excluding tert-OH is 1. The zero-order chi connectivity index (χ0) is 15.1. The van der Waals surface area contributed by atoms with Crippen LogP contribution in [0.15, 0.2) is 12.7 Å². The molecule has 0 unspecified atom stereocenters. The first-order valence-electron chi connectivity index (χ1n) is 5.10. The summed E-state index contributed by atoms with van der Waals surface area (Å²) in [5, 5.41) is 31.7. The van der Waals surface area contributed by atoms with Crippen molar-refractivity contribution in [3.63, 3.8) is 0 Å². The van der Waals surface area contributed by atoms with Gasteiger partial charge in [-0.2, -0.15) is 0 Å². The third-order valence-electron chi connectivity index (χ3n) is 1.12. The Balaban J connectivity index is -0.000000190. The van der Waals surface area contributed by atoms with Crippen molar-refractivity contribution >= 4 is 17.7 Å². The van der Waals surface area contributed by atoms with Crippen LogP contribution in [0.2, 0.25) is 0 Å². The van der Waals surface area contributed by atoms with Crippen molar-refractivity contribution in [2.45, 2.75) is 39.4 Å². The fourth-order valence-electron chi connectivity index (χ4n) is 0.471. The third kappa shape index (κ3) is 47.5. The molecule has 106 valence electrons. The normalized spacial score (nSPS) is 8.28. The molecule has 4 N–H and O–H groups in total. The van der Waals surface area contributed by atoms with Crippen molar-refractivity contribution in [1.29, 1.82) is 0 Å². The molecule has 0 aliphatic heterocycles. The fraction of sp³-hybridized carbons (Fsp3) is 0.545. The van der Waals surface area contributed by atoms with Gasteiger partial charge in [0.1, 0.15) is 12.2 Å². The molecule has 0 aromatic heterocycles. The van der Waals surface area contributed by atoms with E-state index in [2.05, 4.69) is 6.58 Å². The Morgan fingerprint density at radius 3 is 1.61 bits per heavy atom. The number of rotatable bonds is 5. The van der Waals surface area contributed by atoms with Crippen LogP contribution in [0.3, 0.4) is 0 Å². The van der Waals surface area contributed by atoms with Crippen LogP contribution in [0.4, 0.5) is 0 Å². The predicted molar refractivity (Wildman–Crippen MR) is 63.9 cm³/mol. The van der Waals surface area contributed by atoms with E-state index in [1.54, 1.807) is 0 Å². The molecule has 0 aliphatic rings. The second-order valence-electron chi connectivity index (χ2n) is 3.08. The number of hydrogen-bond donors (Lipinski definition) is 4. The Morgan fingerprint density at radius 1 is 1.22 bits per heavy atom. The summed E-state index contributed by atoms with van der Waals surface area (Å²) in [5.41, 5.74) is 0. The van der Waals surface area contributed by atoms with Gasteiger partial charge in [-0.15, -0.1) is 0 Å². The predicted octanol–water partition coefficient (Wildman–Crippen LogP) is 0.404. The minimum Gasteiger partial charge on any atom is -0.481 e. The first-order valence-corrected chi connectivity index (χ1v) is 5.10. The van der Waals surface area contributed by atoms with Gasteiger partial charge in [-0.25, -0.2) is 4.79 Å². The van der Waals surface area contributed by atoms with Crippen LogP contribution in [-0.2, 0) is 14.4 Å². The summed E-state index contributed by atoms with van der Waals surface area (Å²) in [6, 6.07) is 0. The van der Waals surface area contributed by atoms with Gasteiger partial charge in [0.25, 0.3) is 0 Å². The van der Waals surface area contributed by atoms with E-state index in [0.29, 0.717) is 6.42 Å². The molecule has 0 spiro atoms. The zero-order valence-electron chi connectivity index (χ0n) is 10.5. The van der Waals surface area contributed by atoms with E-state index in [-0.39, 0.29) is 12.2 Å². The average Bonchev–Trinajstić information content (AvgIpc) is 2.16. The fourth-order valence-corrected chi connectivity index (χ4v) is 0.471. The number of carbonyl (C=O) groups excluding carboxylic acids is 1. The first-order chi connectivity index (χ1) is 8.17. The van der Waals surface area contributed by atoms with Crippen LogP contribution in [-0.4, -0.2) is 44.4 Å². The second-order valence-corrected chi connectivity index (χ2v) is 3.08. The number of carbonyl (C=O) groups is 3. The number of Topliss-reactive ketones (excluding diaryl/α,β-unsaturated/α-hetero) is 1. The number of aliphatic hydroxyl groups is 2. The minimum absolute atomic E-state index is 0.312. The summed E-state index contributed by atoms with van der Waals surface area (Å²) < 4.78 is 0. The molecule has 7 heteroatoms. The molecule has 0 saturated carbocycles. The molecule has 0 atom stereocenters. The molecule has 0 rings (SSSR count). The highest BCUT2D eigenvalue weighted by molar-refractivity contribution is 5.93. The van der Waals surface area contributed by atoms with Crippen molar-refractivity contribution in [3.05, 3.63) is 12.7 Å². The van der Waals surface area contributed by atoms with E-state index in [4.69, 9.17) is 20.4 Å². The summed E-state index contributed by atoms with van der Waals surface area (Å²) in [4.78, 5) is 28.7. The summed E-state index contributed by atoms with van der Waals surface area (Å²) in [7, 11) is 0. The quantitative estimate of drug-likeness (QED) is 0.321. The molecule has 0 heterocycles. The van der Waals surface area contributed by atoms with Gasteiger partial charge in [0.05, 0.1) is 0 Å². The highest BCUT2D eigenvalue weighted by Crippen LogP contribution is 1.88. The van der Waals surface area contributed by atoms with E-state index >= 15 is 0 Å². The summed E-state index contributed by atoms with van der Waals surface area (Å²) in [6.07, 6.45) is 0.688. The number of ketones is 1. The van der Waals surface area contributed by atoms with Crippen LogP contribution in [0.25, 0.3) is 0 Å². The maximum Gasteiger partial charge on any atom is 0.327 e. The Kier molecular flexibility index (Phi) is 18.3. The maximum absolute atomic E-state index is 9.87. The van der Waals surface area contributed by atoms with Crippen LogP contribution in [0.5, 0.6) is 0 Å². The molecule has 0 amide bonds. The molecule has 0 bridgehead atoms.